The number of guanidine groups is 2. The van der Waals surface area contributed by atoms with Crippen LogP contribution in [0.4, 0.5) is 5.69 Å². The Bertz CT molecular complexity index is 854. The van der Waals surface area contributed by atoms with Crippen LogP contribution in [0.2, 0.25) is 0 Å². The maximum atomic E-state index is 11.4. The molecular weight excluding hydrogens is 294 g/mol. The van der Waals surface area contributed by atoms with E-state index in [9.17, 15) is 13.0 Å². The first-order valence-electron chi connectivity index (χ1n) is 5.72. The van der Waals surface area contributed by atoms with E-state index >= 15 is 0 Å². The van der Waals surface area contributed by atoms with E-state index in [-0.39, 0.29) is 16.8 Å². The molecule has 2 aromatic rings. The zero-order chi connectivity index (χ0) is 15.6. The van der Waals surface area contributed by atoms with E-state index in [1.165, 1.54) is 12.1 Å². The summed E-state index contributed by atoms with van der Waals surface area (Å²) in [6.45, 7) is 0. The maximum Gasteiger partial charge on any atom is 0.295 e. The van der Waals surface area contributed by atoms with Crippen LogP contribution in [0.3, 0.4) is 0 Å². The van der Waals surface area contributed by atoms with Crippen molar-refractivity contribution in [2.45, 2.75) is 4.90 Å². The third-order valence-electron chi connectivity index (χ3n) is 2.62. The van der Waals surface area contributed by atoms with Gasteiger partial charge < -0.3 is 17.2 Å². The van der Waals surface area contributed by atoms with Crippen LogP contribution < -0.4 is 17.2 Å². The molecule has 2 rings (SSSR count). The predicted octanol–water partition coefficient (Wildman–Crippen LogP) is 0.306. The fourth-order valence-corrected chi connectivity index (χ4v) is 2.57. The van der Waals surface area contributed by atoms with Gasteiger partial charge in [0.15, 0.2) is 5.96 Å². The van der Waals surface area contributed by atoms with Gasteiger partial charge in [-0.15, -0.1) is 0 Å². The molecule has 0 spiro atoms. The van der Waals surface area contributed by atoms with Gasteiger partial charge in [0.25, 0.3) is 10.1 Å². The first-order chi connectivity index (χ1) is 9.79. The fourth-order valence-electron chi connectivity index (χ4n) is 1.87. The van der Waals surface area contributed by atoms with Crippen LogP contribution in [0, 0.1) is 0 Å². The predicted molar refractivity (Wildman–Crippen MR) is 80.9 cm³/mol. The molecule has 0 fully saturated rings. The summed E-state index contributed by atoms with van der Waals surface area (Å²) in [5, 5.41) is 0.806. The van der Waals surface area contributed by atoms with Crippen molar-refractivity contribution >= 4 is 38.5 Å². The summed E-state index contributed by atoms with van der Waals surface area (Å²) in [5.74, 6) is -0.408. The zero-order valence-corrected chi connectivity index (χ0v) is 11.6. The maximum absolute atomic E-state index is 11.4. The Balaban J connectivity index is 2.72. The van der Waals surface area contributed by atoms with E-state index in [0.29, 0.717) is 16.5 Å². The second-order valence-corrected chi connectivity index (χ2v) is 5.50. The first-order valence-corrected chi connectivity index (χ1v) is 7.16. The number of hydrogen-bond acceptors (Lipinski definition) is 3. The Morgan fingerprint density at radius 3 is 2.24 bits per heavy atom. The van der Waals surface area contributed by atoms with Gasteiger partial charge in [-0.1, -0.05) is 24.3 Å². The largest absolute Gasteiger partial charge is 0.370 e. The van der Waals surface area contributed by atoms with Gasteiger partial charge in [0.2, 0.25) is 5.96 Å². The number of nitrogens with two attached hydrogens (primary N) is 3. The quantitative estimate of drug-likeness (QED) is 0.355. The van der Waals surface area contributed by atoms with Gasteiger partial charge in [0, 0.05) is 10.8 Å². The molecule has 0 atom stereocenters. The molecule has 0 aliphatic rings. The van der Waals surface area contributed by atoms with Gasteiger partial charge in [0.05, 0.1) is 5.69 Å². The summed E-state index contributed by atoms with van der Waals surface area (Å²) < 4.78 is 32.0. The molecule has 0 amide bonds. The molecule has 2 aromatic carbocycles. The zero-order valence-electron chi connectivity index (χ0n) is 10.8. The lowest BCUT2D eigenvalue weighted by Gasteiger charge is -2.06. The van der Waals surface area contributed by atoms with Crippen molar-refractivity contribution in [1.29, 1.82) is 0 Å². The number of nitrogens with zero attached hydrogens (tertiary/aromatic N) is 2. The van der Waals surface area contributed by atoms with E-state index in [1.807, 2.05) is 0 Å². The molecule has 0 saturated heterocycles. The number of hydrogen-bond donors (Lipinski definition) is 4. The monoisotopic (exact) mass is 307 g/mol. The van der Waals surface area contributed by atoms with E-state index < -0.39 is 10.1 Å². The average Bonchev–Trinajstić information content (AvgIpc) is 2.36. The van der Waals surface area contributed by atoms with Crippen molar-refractivity contribution in [2.24, 2.45) is 27.2 Å². The third-order valence-corrected chi connectivity index (χ3v) is 3.53. The van der Waals surface area contributed by atoms with Crippen molar-refractivity contribution < 1.29 is 13.0 Å². The number of fused-ring (bicyclic) bond motifs is 1. The molecule has 0 bridgehead atoms. The van der Waals surface area contributed by atoms with Crippen LogP contribution in [0.15, 0.2) is 51.3 Å². The van der Waals surface area contributed by atoms with E-state index in [0.717, 1.165) is 0 Å². The molecule has 21 heavy (non-hydrogen) atoms. The smallest absolute Gasteiger partial charge is 0.295 e. The highest BCUT2D eigenvalue weighted by Crippen LogP contribution is 2.30. The average molecular weight is 307 g/mol. The van der Waals surface area contributed by atoms with Gasteiger partial charge in [-0.25, -0.2) is 4.99 Å². The van der Waals surface area contributed by atoms with Crippen molar-refractivity contribution in [3.8, 4) is 0 Å². The normalized spacial score (nSPS) is 12.3. The molecule has 0 aromatic heterocycles. The summed E-state index contributed by atoms with van der Waals surface area (Å²) in [5.41, 5.74) is 16.3. The Morgan fingerprint density at radius 1 is 1.00 bits per heavy atom. The topological polar surface area (TPSA) is 157 Å². The first kappa shape index (κ1) is 14.8. The molecule has 0 heterocycles. The lowest BCUT2D eigenvalue weighted by atomic mass is 10.1. The Hall–Kier alpha value is -2.65. The van der Waals surface area contributed by atoms with Crippen LogP contribution in [-0.2, 0) is 10.1 Å². The minimum Gasteiger partial charge on any atom is -0.370 e. The van der Waals surface area contributed by atoms with Crippen LogP contribution in [0.25, 0.3) is 10.8 Å². The summed E-state index contributed by atoms with van der Waals surface area (Å²) in [4.78, 5) is 7.39. The van der Waals surface area contributed by atoms with Crippen molar-refractivity contribution in [3.05, 3.63) is 36.4 Å². The Morgan fingerprint density at radius 2 is 1.62 bits per heavy atom. The highest BCUT2D eigenvalue weighted by molar-refractivity contribution is 7.86. The second-order valence-electron chi connectivity index (χ2n) is 4.11. The van der Waals surface area contributed by atoms with Crippen molar-refractivity contribution in [3.63, 3.8) is 0 Å². The molecule has 9 heteroatoms. The summed E-state index contributed by atoms with van der Waals surface area (Å²) >= 11 is 0. The van der Waals surface area contributed by atoms with Crippen LogP contribution >= 0.6 is 0 Å². The number of rotatable bonds is 2. The van der Waals surface area contributed by atoms with Crippen molar-refractivity contribution in [2.75, 3.05) is 0 Å². The van der Waals surface area contributed by atoms with Crippen LogP contribution in [-0.4, -0.2) is 24.9 Å². The van der Waals surface area contributed by atoms with Gasteiger partial charge >= 0.3 is 0 Å². The van der Waals surface area contributed by atoms with Gasteiger partial charge in [-0.3, -0.25) is 4.55 Å². The fraction of sp³-hybridized carbons (Fsp3) is 0. The van der Waals surface area contributed by atoms with Crippen molar-refractivity contribution in [1.82, 2.24) is 0 Å². The van der Waals surface area contributed by atoms with Gasteiger partial charge in [0.1, 0.15) is 4.90 Å². The van der Waals surface area contributed by atoms with Gasteiger partial charge in [-0.2, -0.15) is 13.4 Å². The molecule has 0 aliphatic heterocycles. The van der Waals surface area contributed by atoms with Gasteiger partial charge in [-0.05, 0) is 12.1 Å². The third kappa shape index (κ3) is 3.27. The van der Waals surface area contributed by atoms with E-state index in [4.69, 9.17) is 17.2 Å². The minimum absolute atomic E-state index is 0.167. The molecule has 7 N–H and O–H groups in total. The Labute approximate surface area is 120 Å². The summed E-state index contributed by atoms with van der Waals surface area (Å²) in [6, 6.07) is 9.18. The van der Waals surface area contributed by atoms with E-state index in [2.05, 4.69) is 9.98 Å². The summed E-state index contributed by atoms with van der Waals surface area (Å²) in [6.07, 6.45) is 0. The molecular formula is C12H13N5O3S. The lowest BCUT2D eigenvalue weighted by Crippen LogP contribution is -2.26. The summed E-state index contributed by atoms with van der Waals surface area (Å²) in [7, 11) is -4.34. The number of aliphatic imine (C=N–C) groups is 2. The highest BCUT2D eigenvalue weighted by Gasteiger charge is 2.14. The lowest BCUT2D eigenvalue weighted by molar-refractivity contribution is 0.484. The van der Waals surface area contributed by atoms with Crippen LogP contribution in [0.5, 0.6) is 0 Å². The molecule has 110 valence electrons. The second kappa shape index (κ2) is 5.38. The minimum atomic E-state index is -4.34. The molecule has 0 unspecified atom stereocenters. The highest BCUT2D eigenvalue weighted by atomic mass is 32.2. The molecule has 0 saturated carbocycles. The SMILES string of the molecule is NC(N)=NC(N)=Nc1cccc2c(S(=O)(=O)O)cccc12. The molecule has 0 aliphatic carbocycles. The standard InChI is InChI=1S/C12H13N5O3S/c13-11(14)17-12(15)16-9-5-1-4-8-7(9)3-2-6-10(8)21(18,19)20/h1-6H,(H,18,19,20)(H6,13,14,15,16,17). The molecule has 0 radical (unpaired) electrons. The van der Waals surface area contributed by atoms with E-state index in [1.54, 1.807) is 24.3 Å². The van der Waals surface area contributed by atoms with Crippen LogP contribution in [0.1, 0.15) is 0 Å². The Kier molecular flexibility index (Phi) is 3.78. The number of benzene rings is 2. The molecule has 8 nitrogen and oxygen atoms in total.